The van der Waals surface area contributed by atoms with Gasteiger partial charge in [-0.05, 0) is 17.5 Å². The Labute approximate surface area is 144 Å². The SMILES string of the molecule is Cn1ccnc1C(=O)c1cccc(NC(=O)[C@@H]2[C@@H](C(=O)O)C2(C)C)c1. The van der Waals surface area contributed by atoms with Gasteiger partial charge >= 0.3 is 5.97 Å². The van der Waals surface area contributed by atoms with Crippen LogP contribution in [0.15, 0.2) is 36.7 Å². The second kappa shape index (κ2) is 5.84. The Balaban J connectivity index is 1.77. The van der Waals surface area contributed by atoms with E-state index < -0.39 is 23.2 Å². The molecule has 130 valence electrons. The van der Waals surface area contributed by atoms with E-state index in [-0.39, 0.29) is 11.7 Å². The number of aliphatic carboxylic acids is 1. The molecule has 1 aromatic heterocycles. The van der Waals surface area contributed by atoms with Crippen LogP contribution >= 0.6 is 0 Å². The van der Waals surface area contributed by atoms with Crippen LogP contribution in [0.2, 0.25) is 0 Å². The number of carboxylic acids is 1. The molecule has 0 aliphatic heterocycles. The number of hydrogen-bond donors (Lipinski definition) is 2. The van der Waals surface area contributed by atoms with E-state index in [1.165, 1.54) is 0 Å². The summed E-state index contributed by atoms with van der Waals surface area (Å²) in [7, 11) is 1.73. The van der Waals surface area contributed by atoms with E-state index in [1.807, 2.05) is 0 Å². The zero-order valence-corrected chi connectivity index (χ0v) is 14.2. The first-order chi connectivity index (χ1) is 11.7. The number of carbonyl (C=O) groups is 3. The molecule has 1 saturated carbocycles. The number of rotatable bonds is 5. The number of carbonyl (C=O) groups excluding carboxylic acids is 2. The summed E-state index contributed by atoms with van der Waals surface area (Å²) >= 11 is 0. The largest absolute Gasteiger partial charge is 0.481 e. The molecular formula is C18H19N3O4. The van der Waals surface area contributed by atoms with Crippen molar-refractivity contribution in [1.82, 2.24) is 9.55 Å². The number of amides is 1. The van der Waals surface area contributed by atoms with Gasteiger partial charge in [0, 0.05) is 30.7 Å². The van der Waals surface area contributed by atoms with Crippen molar-refractivity contribution in [2.75, 3.05) is 5.32 Å². The summed E-state index contributed by atoms with van der Waals surface area (Å²) in [5.41, 5.74) is 0.282. The Morgan fingerprint density at radius 2 is 1.96 bits per heavy atom. The molecule has 1 aliphatic carbocycles. The highest BCUT2D eigenvalue weighted by atomic mass is 16.4. The van der Waals surface area contributed by atoms with E-state index >= 15 is 0 Å². The van der Waals surface area contributed by atoms with Crippen LogP contribution in [0.25, 0.3) is 0 Å². The highest BCUT2D eigenvalue weighted by molar-refractivity contribution is 6.08. The first-order valence-electron chi connectivity index (χ1n) is 7.89. The third kappa shape index (κ3) is 2.93. The Kier molecular flexibility index (Phi) is 3.94. The van der Waals surface area contributed by atoms with Crippen LogP contribution in [0.1, 0.15) is 30.0 Å². The second-order valence-corrected chi connectivity index (χ2v) is 6.88. The molecule has 1 aliphatic rings. The lowest BCUT2D eigenvalue weighted by molar-refractivity contribution is -0.140. The topological polar surface area (TPSA) is 101 Å². The van der Waals surface area contributed by atoms with Crippen LogP contribution in [-0.4, -0.2) is 32.3 Å². The van der Waals surface area contributed by atoms with E-state index in [9.17, 15) is 19.5 Å². The van der Waals surface area contributed by atoms with Crippen molar-refractivity contribution in [2.24, 2.45) is 24.3 Å². The maximum Gasteiger partial charge on any atom is 0.307 e. The summed E-state index contributed by atoms with van der Waals surface area (Å²) in [5.74, 6) is -2.54. The predicted octanol–water partition coefficient (Wildman–Crippen LogP) is 1.95. The third-order valence-corrected chi connectivity index (χ3v) is 4.79. The van der Waals surface area contributed by atoms with Crippen molar-refractivity contribution in [1.29, 1.82) is 0 Å². The number of nitrogens with one attached hydrogen (secondary N) is 1. The molecule has 2 N–H and O–H groups in total. The first-order valence-corrected chi connectivity index (χ1v) is 7.89. The minimum Gasteiger partial charge on any atom is -0.481 e. The highest BCUT2D eigenvalue weighted by Gasteiger charge is 2.65. The van der Waals surface area contributed by atoms with Crippen LogP contribution in [0, 0.1) is 17.3 Å². The molecular weight excluding hydrogens is 322 g/mol. The molecule has 0 spiro atoms. The molecule has 7 nitrogen and oxygen atoms in total. The van der Waals surface area contributed by atoms with Gasteiger partial charge < -0.3 is 15.0 Å². The zero-order valence-electron chi connectivity index (χ0n) is 14.2. The monoisotopic (exact) mass is 341 g/mol. The van der Waals surface area contributed by atoms with Crippen molar-refractivity contribution in [3.63, 3.8) is 0 Å². The summed E-state index contributed by atoms with van der Waals surface area (Å²) in [6.07, 6.45) is 3.22. The second-order valence-electron chi connectivity index (χ2n) is 6.88. The van der Waals surface area contributed by atoms with Gasteiger partial charge in [-0.2, -0.15) is 0 Å². The fourth-order valence-corrected chi connectivity index (χ4v) is 3.26. The summed E-state index contributed by atoms with van der Waals surface area (Å²) in [6, 6.07) is 6.55. The fourth-order valence-electron chi connectivity index (χ4n) is 3.26. The Morgan fingerprint density at radius 3 is 2.52 bits per heavy atom. The predicted molar refractivity (Wildman–Crippen MR) is 90.1 cm³/mol. The van der Waals surface area contributed by atoms with Crippen molar-refractivity contribution in [2.45, 2.75) is 13.8 Å². The molecule has 1 aromatic carbocycles. The van der Waals surface area contributed by atoms with E-state index in [2.05, 4.69) is 10.3 Å². The van der Waals surface area contributed by atoms with Crippen LogP contribution in [0.4, 0.5) is 5.69 Å². The lowest BCUT2D eigenvalue weighted by atomic mass is 10.1. The minimum atomic E-state index is -0.969. The number of aromatic nitrogens is 2. The number of carboxylic acid groups (broad SMARTS) is 1. The Bertz CT molecular complexity index is 869. The highest BCUT2D eigenvalue weighted by Crippen LogP contribution is 2.58. The van der Waals surface area contributed by atoms with Gasteiger partial charge in [0.25, 0.3) is 0 Å². The number of imidazole rings is 1. The maximum atomic E-state index is 12.5. The molecule has 1 amide bonds. The quantitative estimate of drug-likeness (QED) is 0.810. The van der Waals surface area contributed by atoms with Crippen molar-refractivity contribution in [3.8, 4) is 0 Å². The minimum absolute atomic E-state index is 0.251. The molecule has 2 aromatic rings. The molecule has 1 heterocycles. The number of ketones is 1. The maximum absolute atomic E-state index is 12.5. The zero-order chi connectivity index (χ0) is 18.4. The molecule has 3 rings (SSSR count). The number of benzene rings is 1. The molecule has 25 heavy (non-hydrogen) atoms. The molecule has 0 bridgehead atoms. The van der Waals surface area contributed by atoms with Crippen molar-refractivity contribution < 1.29 is 19.5 Å². The first kappa shape index (κ1) is 16.9. The normalized spacial score (nSPS) is 20.8. The van der Waals surface area contributed by atoms with E-state index in [0.717, 1.165) is 0 Å². The summed E-state index contributed by atoms with van der Waals surface area (Å²) in [5, 5.41) is 11.9. The van der Waals surface area contributed by atoms with Gasteiger partial charge in [0.05, 0.1) is 11.8 Å². The van der Waals surface area contributed by atoms with Gasteiger partial charge in [-0.3, -0.25) is 14.4 Å². The molecule has 7 heteroatoms. The lowest BCUT2D eigenvalue weighted by Crippen LogP contribution is -2.18. The third-order valence-electron chi connectivity index (χ3n) is 4.79. The summed E-state index contributed by atoms with van der Waals surface area (Å²) in [6.45, 7) is 3.52. The molecule has 1 fully saturated rings. The van der Waals surface area contributed by atoms with Crippen LogP contribution < -0.4 is 5.32 Å². The van der Waals surface area contributed by atoms with Gasteiger partial charge in [-0.1, -0.05) is 26.0 Å². The summed E-state index contributed by atoms with van der Waals surface area (Å²) < 4.78 is 1.62. The van der Waals surface area contributed by atoms with Crippen LogP contribution in [0.5, 0.6) is 0 Å². The molecule has 2 atom stereocenters. The summed E-state index contributed by atoms with van der Waals surface area (Å²) in [4.78, 5) is 40.1. The van der Waals surface area contributed by atoms with Crippen LogP contribution in [0.3, 0.4) is 0 Å². The Morgan fingerprint density at radius 1 is 1.24 bits per heavy atom. The average Bonchev–Trinajstić information content (AvgIpc) is 2.89. The molecule has 0 saturated heterocycles. The number of anilines is 1. The van der Waals surface area contributed by atoms with Crippen molar-refractivity contribution >= 4 is 23.3 Å². The smallest absolute Gasteiger partial charge is 0.307 e. The van der Waals surface area contributed by atoms with Crippen molar-refractivity contribution in [3.05, 3.63) is 48.0 Å². The number of hydrogen-bond acceptors (Lipinski definition) is 4. The number of nitrogens with zero attached hydrogens (tertiary/aromatic N) is 2. The Hall–Kier alpha value is -2.96. The molecule has 0 radical (unpaired) electrons. The van der Waals surface area contributed by atoms with E-state index in [0.29, 0.717) is 17.1 Å². The van der Waals surface area contributed by atoms with Crippen LogP contribution in [-0.2, 0) is 16.6 Å². The van der Waals surface area contributed by atoms with E-state index in [4.69, 9.17) is 0 Å². The van der Waals surface area contributed by atoms with E-state index in [1.54, 1.807) is 62.1 Å². The standard InChI is InChI=1S/C18H19N3O4/c1-18(2)12(13(18)17(24)25)16(23)20-11-6-4-5-10(9-11)14(22)15-19-7-8-21(15)3/h4-9,12-13H,1-3H3,(H,20,23)(H,24,25)/t12-,13-/m0/s1. The van der Waals surface area contributed by atoms with Gasteiger partial charge in [0.1, 0.15) is 0 Å². The van der Waals surface area contributed by atoms with Gasteiger partial charge in [-0.15, -0.1) is 0 Å². The van der Waals surface area contributed by atoms with Gasteiger partial charge in [0.2, 0.25) is 11.7 Å². The number of aryl methyl sites for hydroxylation is 1. The van der Waals surface area contributed by atoms with Gasteiger partial charge in [0.15, 0.2) is 5.82 Å². The molecule has 0 unspecified atom stereocenters. The van der Waals surface area contributed by atoms with Gasteiger partial charge in [-0.25, -0.2) is 4.98 Å². The fraction of sp³-hybridized carbons (Fsp3) is 0.333. The average molecular weight is 341 g/mol. The lowest BCUT2D eigenvalue weighted by Gasteiger charge is -2.08.